The van der Waals surface area contributed by atoms with Crippen molar-refractivity contribution in [3.63, 3.8) is 0 Å². The highest BCUT2D eigenvalue weighted by Crippen LogP contribution is 2.18. The molecule has 0 aliphatic heterocycles. The van der Waals surface area contributed by atoms with E-state index in [4.69, 9.17) is 0 Å². The van der Waals surface area contributed by atoms with Crippen LogP contribution >= 0.6 is 11.3 Å². The fourth-order valence-corrected chi connectivity index (χ4v) is 3.20. The molecule has 0 radical (unpaired) electrons. The number of rotatable bonds is 6. The maximum absolute atomic E-state index is 10.2. The van der Waals surface area contributed by atoms with Gasteiger partial charge in [0.15, 0.2) is 0 Å². The maximum Gasteiger partial charge on any atom is 0.0959 e. The monoisotopic (exact) mass is 315 g/mol. The van der Waals surface area contributed by atoms with E-state index in [1.165, 1.54) is 16.0 Å². The molecule has 0 bridgehead atoms. The zero-order valence-electron chi connectivity index (χ0n) is 12.9. The third-order valence-electron chi connectivity index (χ3n) is 3.90. The van der Waals surface area contributed by atoms with Gasteiger partial charge in [-0.3, -0.25) is 0 Å². The van der Waals surface area contributed by atoms with Gasteiger partial charge in [-0.2, -0.15) is 0 Å². The summed E-state index contributed by atoms with van der Waals surface area (Å²) in [5.41, 5.74) is 4.57. The van der Waals surface area contributed by atoms with Gasteiger partial charge >= 0.3 is 0 Å². The lowest BCUT2D eigenvalue weighted by atomic mass is 10.1. The standard InChI is InChI=1S/C17H21N3OS/c1-12-6-16-17(7-13(12)2)20(11-19-16)10-14(21)8-18-9-15-4-3-5-22-15/h3-7,11,14,18,21H,8-10H2,1-2H3. The number of aliphatic hydroxyl groups excluding tert-OH is 1. The number of aliphatic hydroxyl groups is 1. The molecule has 4 nitrogen and oxygen atoms in total. The van der Waals surface area contributed by atoms with Crippen LogP contribution in [0.4, 0.5) is 0 Å². The number of benzene rings is 1. The lowest BCUT2D eigenvalue weighted by Crippen LogP contribution is -2.29. The number of hydrogen-bond acceptors (Lipinski definition) is 4. The molecular weight excluding hydrogens is 294 g/mol. The van der Waals surface area contributed by atoms with Crippen LogP contribution in [0.25, 0.3) is 11.0 Å². The van der Waals surface area contributed by atoms with Crippen LogP contribution in [0.3, 0.4) is 0 Å². The summed E-state index contributed by atoms with van der Waals surface area (Å²) >= 11 is 1.73. The summed E-state index contributed by atoms with van der Waals surface area (Å²) in [6.07, 6.45) is 1.38. The van der Waals surface area contributed by atoms with E-state index in [-0.39, 0.29) is 0 Å². The molecule has 116 valence electrons. The van der Waals surface area contributed by atoms with Gasteiger partial charge in [0, 0.05) is 18.0 Å². The summed E-state index contributed by atoms with van der Waals surface area (Å²) in [4.78, 5) is 5.71. The van der Waals surface area contributed by atoms with Gasteiger partial charge in [-0.15, -0.1) is 11.3 Å². The van der Waals surface area contributed by atoms with Crippen molar-refractivity contribution in [1.29, 1.82) is 0 Å². The molecule has 22 heavy (non-hydrogen) atoms. The average Bonchev–Trinajstić information content (AvgIpc) is 3.11. The van der Waals surface area contributed by atoms with Gasteiger partial charge in [0.25, 0.3) is 0 Å². The van der Waals surface area contributed by atoms with E-state index >= 15 is 0 Å². The number of nitrogens with one attached hydrogen (secondary N) is 1. The molecule has 5 heteroatoms. The molecule has 0 saturated heterocycles. The van der Waals surface area contributed by atoms with Gasteiger partial charge in [0.05, 0.1) is 30.0 Å². The van der Waals surface area contributed by atoms with E-state index in [9.17, 15) is 5.11 Å². The van der Waals surface area contributed by atoms with Gasteiger partial charge in [-0.25, -0.2) is 4.98 Å². The number of aromatic nitrogens is 2. The minimum atomic E-state index is -0.432. The molecule has 0 aliphatic carbocycles. The fraction of sp³-hybridized carbons (Fsp3) is 0.353. The molecule has 0 saturated carbocycles. The molecular formula is C17H21N3OS. The van der Waals surface area contributed by atoms with Gasteiger partial charge in [0.2, 0.25) is 0 Å². The van der Waals surface area contributed by atoms with Gasteiger partial charge < -0.3 is 15.0 Å². The van der Waals surface area contributed by atoms with Gasteiger partial charge in [-0.1, -0.05) is 6.07 Å². The van der Waals surface area contributed by atoms with Crippen LogP contribution in [0.15, 0.2) is 36.0 Å². The highest BCUT2D eigenvalue weighted by molar-refractivity contribution is 7.09. The topological polar surface area (TPSA) is 50.1 Å². The molecule has 0 aliphatic rings. The molecule has 2 heterocycles. The first-order valence-corrected chi connectivity index (χ1v) is 8.34. The molecule has 3 rings (SSSR count). The van der Waals surface area contributed by atoms with Crippen LogP contribution in [-0.2, 0) is 13.1 Å². The van der Waals surface area contributed by atoms with Crippen LogP contribution in [0.2, 0.25) is 0 Å². The highest BCUT2D eigenvalue weighted by Gasteiger charge is 2.09. The Balaban J connectivity index is 1.61. The van der Waals surface area contributed by atoms with E-state index < -0.39 is 6.10 Å². The van der Waals surface area contributed by atoms with Crippen molar-refractivity contribution in [3.8, 4) is 0 Å². The average molecular weight is 315 g/mol. The zero-order valence-corrected chi connectivity index (χ0v) is 13.7. The fourth-order valence-electron chi connectivity index (χ4n) is 2.53. The first-order chi connectivity index (χ1) is 10.6. The normalized spacial score (nSPS) is 12.9. The molecule has 1 unspecified atom stereocenters. The Bertz CT molecular complexity index is 749. The molecule has 3 aromatic rings. The van der Waals surface area contributed by atoms with E-state index in [1.807, 2.05) is 17.0 Å². The summed E-state index contributed by atoms with van der Waals surface area (Å²) in [6, 6.07) is 8.38. The van der Waals surface area contributed by atoms with Crippen LogP contribution in [0, 0.1) is 13.8 Å². The summed E-state index contributed by atoms with van der Waals surface area (Å²) in [6.45, 7) is 6.12. The highest BCUT2D eigenvalue weighted by atomic mass is 32.1. The van der Waals surface area contributed by atoms with Crippen molar-refractivity contribution in [2.75, 3.05) is 6.54 Å². The second-order valence-corrected chi connectivity index (χ2v) is 6.72. The number of hydrogen-bond donors (Lipinski definition) is 2. The second-order valence-electron chi connectivity index (χ2n) is 5.69. The van der Waals surface area contributed by atoms with Crippen molar-refractivity contribution in [2.45, 2.75) is 33.0 Å². The lowest BCUT2D eigenvalue weighted by molar-refractivity contribution is 0.152. The van der Waals surface area contributed by atoms with Crippen molar-refractivity contribution in [1.82, 2.24) is 14.9 Å². The van der Waals surface area contributed by atoms with E-state index in [0.717, 1.165) is 17.6 Å². The molecule has 1 atom stereocenters. The molecule has 2 N–H and O–H groups in total. The minimum absolute atomic E-state index is 0.432. The third-order valence-corrected chi connectivity index (χ3v) is 4.78. The first-order valence-electron chi connectivity index (χ1n) is 7.47. The zero-order chi connectivity index (χ0) is 15.5. The summed E-state index contributed by atoms with van der Waals surface area (Å²) in [7, 11) is 0. The Morgan fingerprint density at radius 1 is 1.32 bits per heavy atom. The molecule has 2 aromatic heterocycles. The maximum atomic E-state index is 10.2. The van der Waals surface area contributed by atoms with E-state index in [1.54, 1.807) is 11.3 Å². The molecule has 1 aromatic carbocycles. The van der Waals surface area contributed by atoms with E-state index in [2.05, 4.69) is 47.7 Å². The summed E-state index contributed by atoms with van der Waals surface area (Å²) in [5, 5.41) is 15.6. The largest absolute Gasteiger partial charge is 0.390 e. The Morgan fingerprint density at radius 2 is 2.14 bits per heavy atom. The van der Waals surface area contributed by atoms with Crippen molar-refractivity contribution >= 4 is 22.4 Å². The predicted octanol–water partition coefficient (Wildman–Crippen LogP) is 2.87. The second kappa shape index (κ2) is 6.60. The number of imidazole rings is 1. The summed E-state index contributed by atoms with van der Waals surface area (Å²) in [5.74, 6) is 0. The molecule has 0 fully saturated rings. The Kier molecular flexibility index (Phi) is 4.57. The Labute approximate surface area is 134 Å². The predicted molar refractivity (Wildman–Crippen MR) is 91.2 cm³/mol. The third kappa shape index (κ3) is 3.38. The van der Waals surface area contributed by atoms with Gasteiger partial charge in [-0.05, 0) is 48.6 Å². The van der Waals surface area contributed by atoms with Crippen molar-refractivity contribution in [2.24, 2.45) is 0 Å². The quantitative estimate of drug-likeness (QED) is 0.735. The van der Waals surface area contributed by atoms with Crippen molar-refractivity contribution < 1.29 is 5.11 Å². The lowest BCUT2D eigenvalue weighted by Gasteiger charge is -2.13. The first kappa shape index (κ1) is 15.2. The van der Waals surface area contributed by atoms with Crippen LogP contribution < -0.4 is 5.32 Å². The van der Waals surface area contributed by atoms with Crippen LogP contribution in [-0.4, -0.2) is 27.3 Å². The summed E-state index contributed by atoms with van der Waals surface area (Å²) < 4.78 is 2.03. The number of fused-ring (bicyclic) bond motifs is 1. The molecule has 0 spiro atoms. The number of thiophene rings is 1. The number of aryl methyl sites for hydroxylation is 2. The van der Waals surface area contributed by atoms with Gasteiger partial charge in [0.1, 0.15) is 0 Å². The van der Waals surface area contributed by atoms with Crippen LogP contribution in [0.1, 0.15) is 16.0 Å². The van der Waals surface area contributed by atoms with Crippen molar-refractivity contribution in [3.05, 3.63) is 52.0 Å². The molecule has 0 amide bonds. The SMILES string of the molecule is Cc1cc2ncn(CC(O)CNCc3cccs3)c2cc1C. The van der Waals surface area contributed by atoms with Crippen LogP contribution in [0.5, 0.6) is 0 Å². The number of nitrogens with zero attached hydrogens (tertiary/aromatic N) is 2. The Morgan fingerprint density at radius 3 is 2.91 bits per heavy atom. The Hall–Kier alpha value is -1.69. The van der Waals surface area contributed by atoms with E-state index in [0.29, 0.717) is 13.1 Å². The smallest absolute Gasteiger partial charge is 0.0959 e. The minimum Gasteiger partial charge on any atom is -0.390 e.